The molecule has 4 N–H and O–H groups in total. The zero-order valence-electron chi connectivity index (χ0n) is 30.2. The van der Waals surface area contributed by atoms with Crippen LogP contribution in [0.2, 0.25) is 0 Å². The van der Waals surface area contributed by atoms with Gasteiger partial charge in [-0.25, -0.2) is 0 Å². The van der Waals surface area contributed by atoms with Gasteiger partial charge in [0.15, 0.2) is 23.1 Å². The molecule has 2 rings (SSSR count). The molecule has 0 radical (unpaired) electrons. The quantitative estimate of drug-likeness (QED) is 0.0615. The summed E-state index contributed by atoms with van der Waals surface area (Å²) in [5, 5.41) is 46.4. The Morgan fingerprint density at radius 3 is 1.43 bits per heavy atom. The van der Waals surface area contributed by atoms with Crippen molar-refractivity contribution in [1.82, 2.24) is 0 Å². The second kappa shape index (κ2) is 17.3. The molecule has 8 nitrogen and oxygen atoms in total. The SMILES string of the molecule is CCCCCCCCC(=O)c1c(O)c(C(=O)CCCCCCCC)c(O)c(C(CC(C)C)C2=C(O)C(C)(C)C(=O)C(C)(C)C2=O)c1O. The number of hydrogen-bond acceptors (Lipinski definition) is 8. The van der Waals surface area contributed by atoms with Crippen molar-refractivity contribution in [1.29, 1.82) is 0 Å². The fourth-order valence-corrected chi connectivity index (χ4v) is 6.92. The van der Waals surface area contributed by atoms with E-state index in [1.165, 1.54) is 27.7 Å². The van der Waals surface area contributed by atoms with Crippen molar-refractivity contribution in [3.05, 3.63) is 28.0 Å². The summed E-state index contributed by atoms with van der Waals surface area (Å²) < 4.78 is 0. The highest BCUT2D eigenvalue weighted by atomic mass is 16.3. The van der Waals surface area contributed by atoms with Gasteiger partial charge in [-0.1, -0.05) is 91.9 Å². The van der Waals surface area contributed by atoms with E-state index < -0.39 is 74.0 Å². The maximum atomic E-state index is 14.0. The number of rotatable bonds is 20. The molecule has 1 unspecified atom stereocenters. The number of benzene rings is 1. The number of phenols is 3. The molecule has 0 bridgehead atoms. The smallest absolute Gasteiger partial charge is 0.175 e. The minimum absolute atomic E-state index is 0.0127. The molecule has 0 saturated carbocycles. The summed E-state index contributed by atoms with van der Waals surface area (Å²) in [5.74, 6) is -6.23. The van der Waals surface area contributed by atoms with Crippen molar-refractivity contribution in [2.45, 2.75) is 158 Å². The first-order valence-electron chi connectivity index (χ1n) is 17.9. The number of aromatic hydroxyl groups is 3. The van der Waals surface area contributed by atoms with E-state index in [-0.39, 0.29) is 36.3 Å². The molecule has 0 aliphatic heterocycles. The van der Waals surface area contributed by atoms with Gasteiger partial charge in [0.1, 0.15) is 34.1 Å². The molecular formula is C39H60O8. The van der Waals surface area contributed by atoms with Crippen LogP contribution in [0.5, 0.6) is 17.2 Å². The summed E-state index contributed by atoms with van der Waals surface area (Å²) in [7, 11) is 0. The van der Waals surface area contributed by atoms with E-state index in [1.807, 2.05) is 13.8 Å². The number of hydrogen-bond donors (Lipinski definition) is 4. The number of aliphatic hydroxyl groups excluding tert-OH is 1. The van der Waals surface area contributed by atoms with E-state index in [4.69, 9.17) is 0 Å². The third kappa shape index (κ3) is 9.05. The van der Waals surface area contributed by atoms with Crippen LogP contribution < -0.4 is 0 Å². The van der Waals surface area contributed by atoms with Crippen LogP contribution in [0.1, 0.15) is 184 Å². The lowest BCUT2D eigenvalue weighted by molar-refractivity contribution is -0.144. The Balaban J connectivity index is 2.79. The molecule has 0 aromatic heterocycles. The molecule has 1 aromatic carbocycles. The minimum atomic E-state index is -1.52. The van der Waals surface area contributed by atoms with Gasteiger partial charge in [-0.3, -0.25) is 19.2 Å². The fraction of sp³-hybridized carbons (Fsp3) is 0.692. The number of Topliss-reactive ketones (excluding diaryl/α,β-unsaturated/α-hetero) is 4. The predicted molar refractivity (Wildman–Crippen MR) is 186 cm³/mol. The van der Waals surface area contributed by atoms with Crippen molar-refractivity contribution in [3.8, 4) is 17.2 Å². The average Bonchev–Trinajstić information content (AvgIpc) is 2.99. The Labute approximate surface area is 282 Å². The van der Waals surface area contributed by atoms with Crippen molar-refractivity contribution < 1.29 is 39.6 Å². The Kier molecular flexibility index (Phi) is 14.7. The number of phenolic OH excluding ortho intramolecular Hbond substituents is 3. The number of carbonyl (C=O) groups excluding carboxylic acids is 4. The molecule has 0 heterocycles. The highest BCUT2D eigenvalue weighted by Gasteiger charge is 2.55. The lowest BCUT2D eigenvalue weighted by Crippen LogP contribution is -2.49. The summed E-state index contributed by atoms with van der Waals surface area (Å²) in [5.41, 5.74) is -4.28. The van der Waals surface area contributed by atoms with Gasteiger partial charge >= 0.3 is 0 Å². The number of allylic oxidation sites excluding steroid dienone is 2. The van der Waals surface area contributed by atoms with Crippen LogP contribution in [0.3, 0.4) is 0 Å². The summed E-state index contributed by atoms with van der Waals surface area (Å²) >= 11 is 0. The van der Waals surface area contributed by atoms with Crippen LogP contribution in [-0.2, 0) is 9.59 Å². The van der Waals surface area contributed by atoms with Crippen LogP contribution in [0.15, 0.2) is 11.3 Å². The molecule has 1 aromatic rings. The van der Waals surface area contributed by atoms with Crippen molar-refractivity contribution >= 4 is 23.1 Å². The van der Waals surface area contributed by atoms with E-state index >= 15 is 0 Å². The van der Waals surface area contributed by atoms with Gasteiger partial charge in [0.05, 0.1) is 10.8 Å². The number of carbonyl (C=O) groups is 4. The van der Waals surface area contributed by atoms with E-state index in [1.54, 1.807) is 0 Å². The summed E-state index contributed by atoms with van der Waals surface area (Å²) in [4.78, 5) is 54.7. The highest BCUT2D eigenvalue weighted by Crippen LogP contribution is 2.54. The first-order valence-corrected chi connectivity index (χ1v) is 17.9. The van der Waals surface area contributed by atoms with E-state index in [0.29, 0.717) is 12.8 Å². The molecule has 47 heavy (non-hydrogen) atoms. The lowest BCUT2D eigenvalue weighted by Gasteiger charge is -2.41. The molecule has 264 valence electrons. The minimum Gasteiger partial charge on any atom is -0.511 e. The molecule has 0 fully saturated rings. The molecule has 1 atom stereocenters. The largest absolute Gasteiger partial charge is 0.511 e. The monoisotopic (exact) mass is 656 g/mol. The van der Waals surface area contributed by atoms with Gasteiger partial charge < -0.3 is 20.4 Å². The first-order chi connectivity index (χ1) is 22.0. The van der Waals surface area contributed by atoms with Gasteiger partial charge in [0.2, 0.25) is 0 Å². The van der Waals surface area contributed by atoms with Crippen LogP contribution in [-0.4, -0.2) is 43.6 Å². The second-order valence-corrected chi connectivity index (χ2v) is 14.9. The normalized spacial score (nSPS) is 16.6. The fourth-order valence-electron chi connectivity index (χ4n) is 6.92. The van der Waals surface area contributed by atoms with Crippen molar-refractivity contribution in [2.75, 3.05) is 0 Å². The molecule has 0 spiro atoms. The summed E-state index contributed by atoms with van der Waals surface area (Å²) in [6.45, 7) is 14.0. The second-order valence-electron chi connectivity index (χ2n) is 14.9. The zero-order valence-corrected chi connectivity index (χ0v) is 30.2. The Hall–Kier alpha value is -3.16. The number of ketones is 4. The average molecular weight is 657 g/mol. The topological polar surface area (TPSA) is 149 Å². The molecular weight excluding hydrogens is 596 g/mol. The van der Waals surface area contributed by atoms with Gasteiger partial charge in [-0.15, -0.1) is 0 Å². The standard InChI is InChI=1S/C39H60O8/c1-9-11-13-15-17-19-21-26(40)30-32(42)28(33(43)31(34(30)44)27(41)22-20-18-16-14-12-10-2)25(23-24(3)4)29-35(45)38(5,6)37(47)39(7,8)36(29)46/h24-25,42-45H,9-23H2,1-8H3. The van der Waals surface area contributed by atoms with Crippen molar-refractivity contribution in [2.24, 2.45) is 16.7 Å². The third-order valence-corrected chi connectivity index (χ3v) is 9.73. The molecule has 1 aliphatic carbocycles. The van der Waals surface area contributed by atoms with Gasteiger partial charge in [-0.05, 0) is 52.9 Å². The third-order valence-electron chi connectivity index (χ3n) is 9.73. The predicted octanol–water partition coefficient (Wildman–Crippen LogP) is 9.82. The van der Waals surface area contributed by atoms with Gasteiger partial charge in [-0.2, -0.15) is 0 Å². The van der Waals surface area contributed by atoms with E-state index in [2.05, 4.69) is 13.8 Å². The van der Waals surface area contributed by atoms with Crippen LogP contribution in [0.4, 0.5) is 0 Å². The molecule has 0 amide bonds. The van der Waals surface area contributed by atoms with Crippen molar-refractivity contribution in [3.63, 3.8) is 0 Å². The van der Waals surface area contributed by atoms with Crippen LogP contribution in [0, 0.1) is 16.7 Å². The van der Waals surface area contributed by atoms with Crippen LogP contribution >= 0.6 is 0 Å². The Morgan fingerprint density at radius 1 is 0.617 bits per heavy atom. The summed E-state index contributed by atoms with van der Waals surface area (Å²) in [6.07, 6.45) is 11.1. The molecule has 1 aliphatic rings. The molecule has 0 saturated heterocycles. The van der Waals surface area contributed by atoms with Crippen LogP contribution in [0.25, 0.3) is 0 Å². The van der Waals surface area contributed by atoms with E-state index in [0.717, 1.165) is 64.2 Å². The number of aliphatic hydroxyl groups is 1. The van der Waals surface area contributed by atoms with Gasteiger partial charge in [0, 0.05) is 29.9 Å². The Morgan fingerprint density at radius 2 is 1.02 bits per heavy atom. The lowest BCUT2D eigenvalue weighted by atomic mass is 9.60. The summed E-state index contributed by atoms with van der Waals surface area (Å²) in [6, 6.07) is 0. The maximum absolute atomic E-state index is 14.0. The zero-order chi connectivity index (χ0) is 35.7. The Bertz CT molecular complexity index is 1280. The van der Waals surface area contributed by atoms with E-state index in [9.17, 15) is 39.6 Å². The maximum Gasteiger partial charge on any atom is 0.175 e. The van der Waals surface area contributed by atoms with Gasteiger partial charge in [0.25, 0.3) is 0 Å². The highest BCUT2D eigenvalue weighted by molar-refractivity contribution is 6.19. The molecule has 8 heteroatoms. The number of unbranched alkanes of at least 4 members (excludes halogenated alkanes) is 10. The first kappa shape index (κ1) is 40.0.